The molecule has 0 radical (unpaired) electrons. The minimum atomic E-state index is 0.281. The molecular formula is C22H28N2O. The Balaban J connectivity index is 1.48. The largest absolute Gasteiger partial charge is 0.368 e. The van der Waals surface area contributed by atoms with E-state index in [0.29, 0.717) is 6.42 Å². The average Bonchev–Trinajstić information content (AvgIpc) is 2.66. The van der Waals surface area contributed by atoms with Crippen molar-refractivity contribution in [2.75, 3.05) is 31.1 Å². The number of rotatable bonds is 5. The van der Waals surface area contributed by atoms with E-state index in [9.17, 15) is 4.79 Å². The summed E-state index contributed by atoms with van der Waals surface area (Å²) in [5.74, 6) is 0.281. The standard InChI is InChI=1S/C22H28N2O/c1-3-19-7-9-20(10-8-19)11-12-22(25)24-15-13-23(14-16-24)21-6-4-5-18(2)17-21/h4-10,17H,3,11-16H2,1-2H3. The molecule has 0 aromatic heterocycles. The lowest BCUT2D eigenvalue weighted by Crippen LogP contribution is -2.48. The van der Waals surface area contributed by atoms with E-state index < -0.39 is 0 Å². The molecule has 0 bridgehead atoms. The second-order valence-electron chi connectivity index (χ2n) is 6.88. The maximum atomic E-state index is 12.5. The van der Waals surface area contributed by atoms with Crippen LogP contribution in [0.1, 0.15) is 30.0 Å². The fraction of sp³-hybridized carbons (Fsp3) is 0.409. The summed E-state index contributed by atoms with van der Waals surface area (Å²) in [6.07, 6.45) is 2.50. The molecule has 1 aliphatic heterocycles. The van der Waals surface area contributed by atoms with Gasteiger partial charge in [-0.25, -0.2) is 0 Å². The minimum Gasteiger partial charge on any atom is -0.368 e. The van der Waals surface area contributed by atoms with E-state index >= 15 is 0 Å². The summed E-state index contributed by atoms with van der Waals surface area (Å²) in [5, 5.41) is 0. The molecule has 1 amide bonds. The van der Waals surface area contributed by atoms with Gasteiger partial charge in [0.1, 0.15) is 0 Å². The van der Waals surface area contributed by atoms with E-state index in [-0.39, 0.29) is 5.91 Å². The summed E-state index contributed by atoms with van der Waals surface area (Å²) >= 11 is 0. The highest BCUT2D eigenvalue weighted by atomic mass is 16.2. The topological polar surface area (TPSA) is 23.6 Å². The lowest BCUT2D eigenvalue weighted by molar-refractivity contribution is -0.131. The molecule has 1 heterocycles. The number of aryl methyl sites for hydroxylation is 3. The molecule has 0 N–H and O–H groups in total. The first-order chi connectivity index (χ1) is 12.2. The van der Waals surface area contributed by atoms with Gasteiger partial charge in [-0.3, -0.25) is 4.79 Å². The number of hydrogen-bond acceptors (Lipinski definition) is 2. The number of benzene rings is 2. The molecule has 3 nitrogen and oxygen atoms in total. The predicted octanol–water partition coefficient (Wildman–Crippen LogP) is 3.84. The summed E-state index contributed by atoms with van der Waals surface area (Å²) in [4.78, 5) is 16.9. The van der Waals surface area contributed by atoms with E-state index in [1.807, 2.05) is 4.90 Å². The molecular weight excluding hydrogens is 308 g/mol. The molecule has 0 aliphatic carbocycles. The summed E-state index contributed by atoms with van der Waals surface area (Å²) in [6.45, 7) is 7.76. The minimum absolute atomic E-state index is 0.281. The third-order valence-electron chi connectivity index (χ3n) is 5.06. The highest BCUT2D eigenvalue weighted by molar-refractivity contribution is 5.76. The van der Waals surface area contributed by atoms with Crippen LogP contribution >= 0.6 is 0 Å². The Morgan fingerprint density at radius 1 is 0.960 bits per heavy atom. The normalized spacial score (nSPS) is 14.6. The predicted molar refractivity (Wildman–Crippen MR) is 104 cm³/mol. The first-order valence-corrected chi connectivity index (χ1v) is 9.33. The number of hydrogen-bond donors (Lipinski definition) is 0. The van der Waals surface area contributed by atoms with Crippen molar-refractivity contribution in [2.24, 2.45) is 0 Å². The van der Waals surface area contributed by atoms with Gasteiger partial charge < -0.3 is 9.80 Å². The number of anilines is 1. The Kier molecular flexibility index (Phi) is 5.75. The van der Waals surface area contributed by atoms with Gasteiger partial charge in [-0.05, 0) is 48.6 Å². The zero-order valence-corrected chi connectivity index (χ0v) is 15.4. The quantitative estimate of drug-likeness (QED) is 0.828. The molecule has 132 valence electrons. The van der Waals surface area contributed by atoms with Gasteiger partial charge in [0.15, 0.2) is 0 Å². The molecule has 0 spiro atoms. The van der Waals surface area contributed by atoms with Crippen LogP contribution < -0.4 is 4.90 Å². The SMILES string of the molecule is CCc1ccc(CCC(=O)N2CCN(c3cccc(C)c3)CC2)cc1. The third kappa shape index (κ3) is 4.62. The van der Waals surface area contributed by atoms with Gasteiger partial charge >= 0.3 is 0 Å². The molecule has 25 heavy (non-hydrogen) atoms. The van der Waals surface area contributed by atoms with Gasteiger partial charge in [-0.1, -0.05) is 43.3 Å². The summed E-state index contributed by atoms with van der Waals surface area (Å²) in [6, 6.07) is 17.2. The van der Waals surface area contributed by atoms with Gasteiger partial charge in [0, 0.05) is 38.3 Å². The van der Waals surface area contributed by atoms with Crippen molar-refractivity contribution < 1.29 is 4.79 Å². The van der Waals surface area contributed by atoms with Crippen molar-refractivity contribution in [2.45, 2.75) is 33.1 Å². The molecule has 2 aromatic carbocycles. The highest BCUT2D eigenvalue weighted by Crippen LogP contribution is 2.18. The summed E-state index contributed by atoms with van der Waals surface area (Å²) in [5.41, 5.74) is 5.15. The van der Waals surface area contributed by atoms with Gasteiger partial charge in [0.25, 0.3) is 0 Å². The maximum Gasteiger partial charge on any atom is 0.223 e. The van der Waals surface area contributed by atoms with Crippen LogP contribution in [0.25, 0.3) is 0 Å². The Labute approximate surface area is 151 Å². The molecule has 1 saturated heterocycles. The van der Waals surface area contributed by atoms with Crippen molar-refractivity contribution in [3.8, 4) is 0 Å². The van der Waals surface area contributed by atoms with Crippen LogP contribution in [0.4, 0.5) is 5.69 Å². The zero-order valence-electron chi connectivity index (χ0n) is 15.4. The van der Waals surface area contributed by atoms with Crippen molar-refractivity contribution in [1.82, 2.24) is 4.90 Å². The lowest BCUT2D eigenvalue weighted by Gasteiger charge is -2.36. The first kappa shape index (κ1) is 17.5. The molecule has 1 aliphatic rings. The van der Waals surface area contributed by atoms with Crippen LogP contribution in [0.5, 0.6) is 0 Å². The molecule has 2 aromatic rings. The number of carbonyl (C=O) groups is 1. The maximum absolute atomic E-state index is 12.5. The number of nitrogens with zero attached hydrogens (tertiary/aromatic N) is 2. The van der Waals surface area contributed by atoms with Crippen LogP contribution in [-0.2, 0) is 17.6 Å². The van der Waals surface area contributed by atoms with Crippen LogP contribution in [0.2, 0.25) is 0 Å². The van der Waals surface area contributed by atoms with Crippen LogP contribution in [0.3, 0.4) is 0 Å². The monoisotopic (exact) mass is 336 g/mol. The number of amides is 1. The van der Waals surface area contributed by atoms with Gasteiger partial charge in [-0.2, -0.15) is 0 Å². The summed E-state index contributed by atoms with van der Waals surface area (Å²) in [7, 11) is 0. The van der Waals surface area contributed by atoms with E-state index in [0.717, 1.165) is 39.0 Å². The van der Waals surface area contributed by atoms with E-state index in [4.69, 9.17) is 0 Å². The van der Waals surface area contributed by atoms with Gasteiger partial charge in [0.2, 0.25) is 5.91 Å². The smallest absolute Gasteiger partial charge is 0.223 e. The summed E-state index contributed by atoms with van der Waals surface area (Å²) < 4.78 is 0. The Morgan fingerprint density at radius 2 is 1.64 bits per heavy atom. The van der Waals surface area contributed by atoms with Crippen LogP contribution in [0.15, 0.2) is 48.5 Å². The Morgan fingerprint density at radius 3 is 2.28 bits per heavy atom. The molecule has 0 saturated carbocycles. The third-order valence-corrected chi connectivity index (χ3v) is 5.06. The van der Waals surface area contributed by atoms with Crippen molar-refractivity contribution in [3.63, 3.8) is 0 Å². The Bertz CT molecular complexity index is 700. The van der Waals surface area contributed by atoms with E-state index in [1.165, 1.54) is 22.4 Å². The Hall–Kier alpha value is -2.29. The fourth-order valence-corrected chi connectivity index (χ4v) is 3.39. The van der Waals surface area contributed by atoms with Crippen molar-refractivity contribution >= 4 is 11.6 Å². The lowest BCUT2D eigenvalue weighted by atomic mass is 10.1. The molecule has 0 atom stereocenters. The van der Waals surface area contributed by atoms with Crippen molar-refractivity contribution in [3.05, 3.63) is 65.2 Å². The van der Waals surface area contributed by atoms with Crippen molar-refractivity contribution in [1.29, 1.82) is 0 Å². The zero-order chi connectivity index (χ0) is 17.6. The average molecular weight is 336 g/mol. The molecule has 0 unspecified atom stereocenters. The van der Waals surface area contributed by atoms with Crippen LogP contribution in [-0.4, -0.2) is 37.0 Å². The number of carbonyl (C=O) groups excluding carboxylic acids is 1. The van der Waals surface area contributed by atoms with Gasteiger partial charge in [-0.15, -0.1) is 0 Å². The second kappa shape index (κ2) is 8.19. The van der Waals surface area contributed by atoms with E-state index in [1.54, 1.807) is 0 Å². The first-order valence-electron chi connectivity index (χ1n) is 9.33. The second-order valence-corrected chi connectivity index (χ2v) is 6.88. The van der Waals surface area contributed by atoms with E-state index in [2.05, 4.69) is 67.3 Å². The molecule has 3 rings (SSSR count). The highest BCUT2D eigenvalue weighted by Gasteiger charge is 2.21. The molecule has 1 fully saturated rings. The van der Waals surface area contributed by atoms with Gasteiger partial charge in [0.05, 0.1) is 0 Å². The molecule has 3 heteroatoms. The number of piperazine rings is 1. The van der Waals surface area contributed by atoms with Crippen LogP contribution in [0, 0.1) is 6.92 Å². The fourth-order valence-electron chi connectivity index (χ4n) is 3.39.